The van der Waals surface area contributed by atoms with Gasteiger partial charge in [0.2, 0.25) is 5.44 Å². The van der Waals surface area contributed by atoms with E-state index in [1.54, 1.807) is 30.3 Å². The summed E-state index contributed by atoms with van der Waals surface area (Å²) in [6.07, 6.45) is 0. The van der Waals surface area contributed by atoms with Gasteiger partial charge in [-0.3, -0.25) is 4.55 Å². The summed E-state index contributed by atoms with van der Waals surface area (Å²) >= 11 is 0. The molecule has 2 rings (SSSR count). The molecule has 2 aromatic rings. The summed E-state index contributed by atoms with van der Waals surface area (Å²) < 4.78 is 30.6. The van der Waals surface area contributed by atoms with Gasteiger partial charge in [-0.2, -0.15) is 8.42 Å². The van der Waals surface area contributed by atoms with Crippen molar-refractivity contribution in [3.8, 4) is 0 Å². The third-order valence-electron chi connectivity index (χ3n) is 2.37. The van der Waals surface area contributed by atoms with Crippen molar-refractivity contribution >= 4 is 20.9 Å². The van der Waals surface area contributed by atoms with E-state index in [-0.39, 0.29) is 5.56 Å². The standard InChI is InChI=1S/C11H10O4S/c12-11(16(13,14)15)10-7-3-5-8-4-1-2-6-9(8)10/h1-7,11-12H,(H,13,14,15)/t11-/m1/s1. The smallest absolute Gasteiger partial charge is 0.296 e. The fourth-order valence-electron chi connectivity index (χ4n) is 1.63. The van der Waals surface area contributed by atoms with E-state index in [4.69, 9.17) is 4.55 Å². The Morgan fingerprint density at radius 3 is 2.31 bits per heavy atom. The Labute approximate surface area is 92.9 Å². The summed E-state index contributed by atoms with van der Waals surface area (Å²) in [7, 11) is -4.49. The summed E-state index contributed by atoms with van der Waals surface area (Å²) in [5.74, 6) is 0. The summed E-state index contributed by atoms with van der Waals surface area (Å²) in [6.45, 7) is 0. The largest absolute Gasteiger partial charge is 0.371 e. The van der Waals surface area contributed by atoms with E-state index in [1.807, 2.05) is 6.07 Å². The minimum Gasteiger partial charge on any atom is -0.371 e. The van der Waals surface area contributed by atoms with Gasteiger partial charge in [0.25, 0.3) is 10.1 Å². The first kappa shape index (κ1) is 11.1. The average molecular weight is 238 g/mol. The molecule has 16 heavy (non-hydrogen) atoms. The highest BCUT2D eigenvalue weighted by molar-refractivity contribution is 7.85. The minimum atomic E-state index is -4.49. The van der Waals surface area contributed by atoms with E-state index < -0.39 is 15.6 Å². The van der Waals surface area contributed by atoms with E-state index in [0.29, 0.717) is 5.39 Å². The van der Waals surface area contributed by atoms with E-state index in [1.165, 1.54) is 6.07 Å². The zero-order valence-electron chi connectivity index (χ0n) is 8.24. The van der Waals surface area contributed by atoms with Crippen molar-refractivity contribution < 1.29 is 18.1 Å². The van der Waals surface area contributed by atoms with Crippen molar-refractivity contribution in [3.05, 3.63) is 48.0 Å². The van der Waals surface area contributed by atoms with Crippen LogP contribution in [0.5, 0.6) is 0 Å². The van der Waals surface area contributed by atoms with Crippen molar-refractivity contribution in [2.45, 2.75) is 5.44 Å². The molecule has 0 aliphatic rings. The van der Waals surface area contributed by atoms with Crippen LogP contribution in [0.3, 0.4) is 0 Å². The van der Waals surface area contributed by atoms with Crippen LogP contribution < -0.4 is 0 Å². The predicted molar refractivity (Wildman–Crippen MR) is 60.5 cm³/mol. The lowest BCUT2D eigenvalue weighted by atomic mass is 10.1. The molecule has 0 aliphatic heterocycles. The van der Waals surface area contributed by atoms with Gasteiger partial charge in [0.15, 0.2) is 0 Å². The summed E-state index contributed by atoms with van der Waals surface area (Å²) in [5, 5.41) is 10.9. The van der Waals surface area contributed by atoms with Gasteiger partial charge in [0.05, 0.1) is 0 Å². The topological polar surface area (TPSA) is 74.6 Å². The Kier molecular flexibility index (Phi) is 2.67. The molecule has 0 fully saturated rings. The second kappa shape index (κ2) is 3.86. The molecule has 2 N–H and O–H groups in total. The molecule has 5 heteroatoms. The van der Waals surface area contributed by atoms with Crippen LogP contribution >= 0.6 is 0 Å². The predicted octanol–water partition coefficient (Wildman–Crippen LogP) is 1.72. The molecule has 1 atom stereocenters. The zero-order chi connectivity index (χ0) is 11.8. The van der Waals surface area contributed by atoms with Gasteiger partial charge in [-0.25, -0.2) is 0 Å². The fraction of sp³-hybridized carbons (Fsp3) is 0.0909. The molecule has 0 radical (unpaired) electrons. The second-order valence-corrected chi connectivity index (χ2v) is 4.91. The SMILES string of the molecule is O=S(=O)(O)[C@@H](O)c1cccc2ccccc12. The lowest BCUT2D eigenvalue weighted by molar-refractivity contribution is 0.240. The lowest BCUT2D eigenvalue weighted by Crippen LogP contribution is -2.11. The molecule has 0 amide bonds. The molecule has 0 heterocycles. The van der Waals surface area contributed by atoms with Crippen LogP contribution in [0.2, 0.25) is 0 Å². The third-order valence-corrected chi connectivity index (χ3v) is 3.19. The summed E-state index contributed by atoms with van der Waals surface area (Å²) in [4.78, 5) is 0. The van der Waals surface area contributed by atoms with Crippen molar-refractivity contribution in [2.75, 3.05) is 0 Å². The summed E-state index contributed by atoms with van der Waals surface area (Å²) in [6, 6.07) is 11.9. The van der Waals surface area contributed by atoms with Gasteiger partial charge in [-0.15, -0.1) is 0 Å². The first-order chi connectivity index (χ1) is 7.50. The average Bonchev–Trinajstić information content (AvgIpc) is 2.26. The number of hydrogen-bond donors (Lipinski definition) is 2. The number of benzene rings is 2. The highest BCUT2D eigenvalue weighted by Crippen LogP contribution is 2.26. The maximum Gasteiger partial charge on any atom is 0.296 e. The molecule has 2 aromatic carbocycles. The van der Waals surface area contributed by atoms with Crippen molar-refractivity contribution in [3.63, 3.8) is 0 Å². The molecular formula is C11H10O4S. The van der Waals surface area contributed by atoms with Crippen molar-refractivity contribution in [1.82, 2.24) is 0 Å². The quantitative estimate of drug-likeness (QED) is 0.781. The highest BCUT2D eigenvalue weighted by Gasteiger charge is 2.23. The van der Waals surface area contributed by atoms with E-state index in [2.05, 4.69) is 0 Å². The minimum absolute atomic E-state index is 0.181. The number of fused-ring (bicyclic) bond motifs is 1. The molecule has 0 saturated carbocycles. The first-order valence-corrected chi connectivity index (χ1v) is 6.12. The Bertz CT molecular complexity index is 613. The maximum atomic E-state index is 10.9. The summed E-state index contributed by atoms with van der Waals surface area (Å²) in [5.41, 5.74) is -1.72. The van der Waals surface area contributed by atoms with Gasteiger partial charge in [-0.05, 0) is 10.8 Å². The Morgan fingerprint density at radius 1 is 1.00 bits per heavy atom. The van der Waals surface area contributed by atoms with Gasteiger partial charge in [-0.1, -0.05) is 42.5 Å². The number of aliphatic hydroxyl groups is 1. The van der Waals surface area contributed by atoms with E-state index in [9.17, 15) is 13.5 Å². The Hall–Kier alpha value is -1.43. The highest BCUT2D eigenvalue weighted by atomic mass is 32.2. The molecule has 4 nitrogen and oxygen atoms in total. The molecule has 0 bridgehead atoms. The van der Waals surface area contributed by atoms with Gasteiger partial charge in [0.1, 0.15) is 0 Å². The number of hydrogen-bond acceptors (Lipinski definition) is 3. The number of aliphatic hydroxyl groups excluding tert-OH is 1. The maximum absolute atomic E-state index is 10.9. The number of rotatable bonds is 2. The van der Waals surface area contributed by atoms with Crippen molar-refractivity contribution in [2.24, 2.45) is 0 Å². The Morgan fingerprint density at radius 2 is 1.62 bits per heavy atom. The second-order valence-electron chi connectivity index (χ2n) is 3.44. The first-order valence-electron chi connectivity index (χ1n) is 4.62. The molecule has 0 saturated heterocycles. The van der Waals surface area contributed by atoms with Crippen LogP contribution in [0, 0.1) is 0 Å². The van der Waals surface area contributed by atoms with Gasteiger partial charge < -0.3 is 5.11 Å². The van der Waals surface area contributed by atoms with Crippen LogP contribution in [0.25, 0.3) is 10.8 Å². The lowest BCUT2D eigenvalue weighted by Gasteiger charge is -2.10. The fourth-order valence-corrected chi connectivity index (χ4v) is 2.15. The van der Waals surface area contributed by atoms with Crippen LogP contribution in [0.1, 0.15) is 11.0 Å². The van der Waals surface area contributed by atoms with Gasteiger partial charge >= 0.3 is 0 Å². The molecule has 0 unspecified atom stereocenters. The van der Waals surface area contributed by atoms with E-state index in [0.717, 1.165) is 5.39 Å². The molecule has 0 aliphatic carbocycles. The van der Waals surface area contributed by atoms with Crippen LogP contribution in [-0.4, -0.2) is 18.1 Å². The van der Waals surface area contributed by atoms with Crippen LogP contribution in [0.4, 0.5) is 0 Å². The Balaban J connectivity index is 2.70. The normalized spacial score (nSPS) is 13.9. The van der Waals surface area contributed by atoms with E-state index >= 15 is 0 Å². The monoisotopic (exact) mass is 238 g/mol. The molecule has 0 aromatic heterocycles. The van der Waals surface area contributed by atoms with Crippen molar-refractivity contribution in [1.29, 1.82) is 0 Å². The third kappa shape index (κ3) is 1.92. The zero-order valence-corrected chi connectivity index (χ0v) is 9.05. The van der Waals surface area contributed by atoms with Crippen LogP contribution in [-0.2, 0) is 10.1 Å². The van der Waals surface area contributed by atoms with Gasteiger partial charge in [0, 0.05) is 5.56 Å². The van der Waals surface area contributed by atoms with Crippen LogP contribution in [0.15, 0.2) is 42.5 Å². The molecular weight excluding hydrogens is 228 g/mol. The molecule has 0 spiro atoms. The molecule has 84 valence electrons.